The van der Waals surface area contributed by atoms with E-state index in [0.717, 1.165) is 64.8 Å². The summed E-state index contributed by atoms with van der Waals surface area (Å²) in [4.78, 5) is 24.1. The minimum absolute atomic E-state index is 0.0393. The Bertz CT molecular complexity index is 1200. The second-order valence-corrected chi connectivity index (χ2v) is 8.88. The number of nitrogens with one attached hydrogen (secondary N) is 1. The summed E-state index contributed by atoms with van der Waals surface area (Å²) in [5, 5.41) is 7.85. The van der Waals surface area contributed by atoms with E-state index < -0.39 is 0 Å². The molecule has 172 valence electrons. The molecule has 0 bridgehead atoms. The quantitative estimate of drug-likeness (QED) is 0.582. The van der Waals surface area contributed by atoms with Gasteiger partial charge in [0.2, 0.25) is 5.91 Å². The highest BCUT2D eigenvalue weighted by Gasteiger charge is 2.25. The van der Waals surface area contributed by atoms with Crippen LogP contribution in [0.3, 0.4) is 0 Å². The van der Waals surface area contributed by atoms with Gasteiger partial charge in [-0.25, -0.2) is 4.98 Å². The lowest BCUT2D eigenvalue weighted by Gasteiger charge is -2.32. The van der Waals surface area contributed by atoms with Gasteiger partial charge in [0.15, 0.2) is 0 Å². The fourth-order valence-electron chi connectivity index (χ4n) is 4.44. The van der Waals surface area contributed by atoms with E-state index >= 15 is 0 Å². The van der Waals surface area contributed by atoms with E-state index in [1.165, 1.54) is 0 Å². The molecule has 33 heavy (non-hydrogen) atoms. The number of hydrogen-bond acceptors (Lipinski definition) is 5. The Kier molecular flexibility index (Phi) is 6.58. The molecule has 0 saturated carbocycles. The van der Waals surface area contributed by atoms with Gasteiger partial charge < -0.3 is 10.2 Å². The molecule has 0 spiro atoms. The molecule has 0 unspecified atom stereocenters. The minimum Gasteiger partial charge on any atom is -0.340 e. The van der Waals surface area contributed by atoms with Gasteiger partial charge in [0, 0.05) is 66.7 Å². The fraction of sp³-hybridized carbons (Fsp3) is 0.385. The molecule has 0 aliphatic carbocycles. The molecule has 1 aliphatic heterocycles. The lowest BCUT2D eigenvalue weighted by Crippen LogP contribution is -2.38. The highest BCUT2D eigenvalue weighted by Crippen LogP contribution is 2.29. The van der Waals surface area contributed by atoms with Crippen LogP contribution in [0, 0.1) is 27.7 Å². The third kappa shape index (κ3) is 5.13. The van der Waals surface area contributed by atoms with Crippen molar-refractivity contribution in [3.63, 3.8) is 0 Å². The van der Waals surface area contributed by atoms with Crippen LogP contribution in [-0.2, 0) is 11.8 Å². The third-order valence-electron chi connectivity index (χ3n) is 6.35. The Morgan fingerprint density at radius 2 is 2.03 bits per heavy atom. The van der Waals surface area contributed by atoms with Crippen molar-refractivity contribution in [3.05, 3.63) is 70.4 Å². The third-order valence-corrected chi connectivity index (χ3v) is 6.35. The van der Waals surface area contributed by atoms with E-state index in [2.05, 4.69) is 21.5 Å². The SMILES string of the molecule is Cc1cc(Nc2ncccc2C)cc([C@H]2CCCN(C(=O)/C=C/c3c(C)nn(C)c3C)C2)n1. The minimum atomic E-state index is 0.0393. The molecule has 0 radical (unpaired) electrons. The molecule has 1 amide bonds. The first kappa shape index (κ1) is 22.7. The molecule has 1 aliphatic rings. The number of pyridine rings is 2. The number of rotatable bonds is 5. The molecule has 3 aromatic heterocycles. The van der Waals surface area contributed by atoms with Crippen LogP contribution in [0.25, 0.3) is 6.08 Å². The maximum atomic E-state index is 13.0. The first-order valence-corrected chi connectivity index (χ1v) is 11.5. The average molecular weight is 445 g/mol. The van der Waals surface area contributed by atoms with Crippen LogP contribution in [0.4, 0.5) is 11.5 Å². The van der Waals surface area contributed by atoms with Crippen molar-refractivity contribution in [2.75, 3.05) is 18.4 Å². The van der Waals surface area contributed by atoms with Crippen LogP contribution < -0.4 is 5.32 Å². The summed E-state index contributed by atoms with van der Waals surface area (Å²) in [5.74, 6) is 1.10. The number of carbonyl (C=O) groups excluding carboxylic acids is 1. The van der Waals surface area contributed by atoms with Gasteiger partial charge in [-0.05, 0) is 70.4 Å². The summed E-state index contributed by atoms with van der Waals surface area (Å²) in [6.45, 7) is 9.48. The Balaban J connectivity index is 1.49. The lowest BCUT2D eigenvalue weighted by atomic mass is 9.93. The molecule has 1 fully saturated rings. The van der Waals surface area contributed by atoms with Gasteiger partial charge in [-0.2, -0.15) is 5.10 Å². The Labute approximate surface area is 195 Å². The molecule has 1 N–H and O–H groups in total. The molecular formula is C26H32N6O. The van der Waals surface area contributed by atoms with Gasteiger partial charge in [0.25, 0.3) is 0 Å². The number of anilines is 2. The first-order valence-electron chi connectivity index (χ1n) is 11.5. The second-order valence-electron chi connectivity index (χ2n) is 8.88. The molecule has 1 saturated heterocycles. The summed E-state index contributed by atoms with van der Waals surface area (Å²) in [5.41, 5.74) is 7.04. The van der Waals surface area contributed by atoms with E-state index in [1.54, 1.807) is 12.3 Å². The monoisotopic (exact) mass is 444 g/mol. The topological polar surface area (TPSA) is 75.9 Å². The number of piperidine rings is 1. The van der Waals surface area contributed by atoms with E-state index in [0.29, 0.717) is 6.54 Å². The van der Waals surface area contributed by atoms with Gasteiger partial charge in [-0.1, -0.05) is 6.07 Å². The molecule has 4 rings (SSSR count). The summed E-state index contributed by atoms with van der Waals surface area (Å²) >= 11 is 0. The number of likely N-dealkylation sites (tertiary alicyclic amines) is 1. The van der Waals surface area contributed by atoms with Crippen LogP contribution >= 0.6 is 0 Å². The molecular weight excluding hydrogens is 412 g/mol. The van der Waals surface area contributed by atoms with Gasteiger partial charge >= 0.3 is 0 Å². The van der Waals surface area contributed by atoms with E-state index in [9.17, 15) is 4.79 Å². The highest BCUT2D eigenvalue weighted by atomic mass is 16.2. The maximum absolute atomic E-state index is 13.0. The first-order chi connectivity index (χ1) is 15.8. The van der Waals surface area contributed by atoms with E-state index in [-0.39, 0.29) is 11.8 Å². The molecule has 7 nitrogen and oxygen atoms in total. The molecule has 4 heterocycles. The lowest BCUT2D eigenvalue weighted by molar-refractivity contribution is -0.127. The van der Waals surface area contributed by atoms with Crippen LogP contribution in [0.15, 0.2) is 36.5 Å². The summed E-state index contributed by atoms with van der Waals surface area (Å²) in [6.07, 6.45) is 7.35. The van der Waals surface area contributed by atoms with Crippen LogP contribution in [-0.4, -0.2) is 43.6 Å². The van der Waals surface area contributed by atoms with Gasteiger partial charge in [0.05, 0.1) is 5.69 Å². The van der Waals surface area contributed by atoms with Crippen molar-refractivity contribution in [3.8, 4) is 0 Å². The zero-order chi connectivity index (χ0) is 23.5. The summed E-state index contributed by atoms with van der Waals surface area (Å²) in [6, 6.07) is 8.10. The number of amides is 1. The zero-order valence-corrected chi connectivity index (χ0v) is 20.1. The predicted molar refractivity (Wildman–Crippen MR) is 132 cm³/mol. The van der Waals surface area contributed by atoms with Crippen molar-refractivity contribution < 1.29 is 4.79 Å². The number of hydrogen-bond donors (Lipinski definition) is 1. The maximum Gasteiger partial charge on any atom is 0.246 e. The second kappa shape index (κ2) is 9.57. The Morgan fingerprint density at radius 1 is 1.21 bits per heavy atom. The van der Waals surface area contributed by atoms with Gasteiger partial charge in [0.1, 0.15) is 5.82 Å². The normalized spacial score (nSPS) is 16.4. The molecule has 0 aromatic carbocycles. The largest absolute Gasteiger partial charge is 0.340 e. The predicted octanol–water partition coefficient (Wildman–Crippen LogP) is 4.61. The van der Waals surface area contributed by atoms with Crippen LogP contribution in [0.1, 0.15) is 52.7 Å². The van der Waals surface area contributed by atoms with Crippen molar-refractivity contribution in [2.45, 2.75) is 46.5 Å². The molecule has 7 heteroatoms. The van der Waals surface area contributed by atoms with Crippen molar-refractivity contribution in [1.29, 1.82) is 0 Å². The van der Waals surface area contributed by atoms with Crippen molar-refractivity contribution in [1.82, 2.24) is 24.6 Å². The van der Waals surface area contributed by atoms with Gasteiger partial charge in [-0.3, -0.25) is 14.5 Å². The number of nitrogens with zero attached hydrogens (tertiary/aromatic N) is 5. The van der Waals surface area contributed by atoms with E-state index in [4.69, 9.17) is 4.98 Å². The van der Waals surface area contributed by atoms with Gasteiger partial charge in [-0.15, -0.1) is 0 Å². The number of aromatic nitrogens is 4. The van der Waals surface area contributed by atoms with Crippen LogP contribution in [0.5, 0.6) is 0 Å². The molecule has 3 aromatic rings. The van der Waals surface area contributed by atoms with Crippen molar-refractivity contribution in [2.24, 2.45) is 7.05 Å². The molecule has 1 atom stereocenters. The van der Waals surface area contributed by atoms with Crippen LogP contribution in [0.2, 0.25) is 0 Å². The number of carbonyl (C=O) groups is 1. The average Bonchev–Trinajstić information content (AvgIpc) is 3.04. The Hall–Kier alpha value is -3.48. The standard InChI is InChI=1S/C26H32N6O/c1-17-8-6-12-27-26(17)29-22-14-18(2)28-24(15-22)21-9-7-13-32(16-21)25(33)11-10-23-19(3)30-31(5)20(23)4/h6,8,10-12,14-15,21H,7,9,13,16H2,1-5H3,(H,27,28,29)/b11-10+/t21-/m0/s1. The zero-order valence-electron chi connectivity index (χ0n) is 20.1. The fourth-order valence-corrected chi connectivity index (χ4v) is 4.44. The van der Waals surface area contributed by atoms with E-state index in [1.807, 2.05) is 68.6 Å². The summed E-state index contributed by atoms with van der Waals surface area (Å²) < 4.78 is 1.85. The Morgan fingerprint density at radius 3 is 2.76 bits per heavy atom. The number of aryl methyl sites for hydroxylation is 4. The smallest absolute Gasteiger partial charge is 0.246 e. The highest BCUT2D eigenvalue weighted by molar-refractivity contribution is 5.92. The summed E-state index contributed by atoms with van der Waals surface area (Å²) in [7, 11) is 1.92. The van der Waals surface area contributed by atoms with Crippen molar-refractivity contribution >= 4 is 23.5 Å².